The monoisotopic (exact) mass is 458 g/mol. The SMILES string of the molecule is CSc1nn(CC(=O)Nc2ccc(Cl)cc2F)c(N)c1-c1nc(-c2ccccc2)no1. The van der Waals surface area contributed by atoms with Crippen molar-refractivity contribution in [3.63, 3.8) is 0 Å². The van der Waals surface area contributed by atoms with Gasteiger partial charge in [0.2, 0.25) is 11.7 Å². The molecule has 0 saturated carbocycles. The number of nitrogens with one attached hydrogen (secondary N) is 1. The summed E-state index contributed by atoms with van der Waals surface area (Å²) in [6, 6.07) is 13.3. The molecule has 8 nitrogen and oxygen atoms in total. The van der Waals surface area contributed by atoms with Crippen LogP contribution in [0.25, 0.3) is 22.8 Å². The zero-order valence-electron chi connectivity index (χ0n) is 16.2. The highest BCUT2D eigenvalue weighted by Gasteiger charge is 2.24. The fourth-order valence-corrected chi connectivity index (χ4v) is 3.60. The standard InChI is InChI=1S/C20H16ClFN6O2S/c1-31-20-16(19-25-18(27-30-19)11-5-3-2-4-6-11)17(23)28(26-20)10-15(29)24-14-8-7-12(21)9-13(14)22/h2-9H,10,23H2,1H3,(H,24,29). The number of nitrogen functional groups attached to an aromatic ring is 1. The molecule has 1 amide bonds. The molecule has 0 spiro atoms. The third-order valence-corrected chi connectivity index (χ3v) is 5.23. The summed E-state index contributed by atoms with van der Waals surface area (Å²) in [7, 11) is 0. The van der Waals surface area contributed by atoms with Crippen molar-refractivity contribution in [2.45, 2.75) is 11.6 Å². The molecule has 4 rings (SSSR count). The lowest BCUT2D eigenvalue weighted by Gasteiger charge is -2.08. The predicted octanol–water partition coefficient (Wildman–Crippen LogP) is 4.34. The second-order valence-electron chi connectivity index (χ2n) is 6.39. The number of hydrogen-bond acceptors (Lipinski definition) is 7. The van der Waals surface area contributed by atoms with Gasteiger partial charge in [0.25, 0.3) is 5.89 Å². The van der Waals surface area contributed by atoms with Crippen molar-refractivity contribution >= 4 is 40.8 Å². The fraction of sp³-hybridized carbons (Fsp3) is 0.100. The summed E-state index contributed by atoms with van der Waals surface area (Å²) in [5, 5.41) is 11.6. The number of amides is 1. The van der Waals surface area contributed by atoms with E-state index in [1.54, 1.807) is 0 Å². The Labute approximate surface area is 185 Å². The quantitative estimate of drug-likeness (QED) is 0.413. The van der Waals surface area contributed by atoms with Gasteiger partial charge in [0.05, 0.1) is 5.69 Å². The van der Waals surface area contributed by atoms with Crippen molar-refractivity contribution in [3.05, 3.63) is 59.4 Å². The summed E-state index contributed by atoms with van der Waals surface area (Å²) in [5.41, 5.74) is 7.48. The number of halogens is 2. The average molecular weight is 459 g/mol. The number of carbonyl (C=O) groups is 1. The molecule has 11 heteroatoms. The lowest BCUT2D eigenvalue weighted by atomic mass is 10.2. The van der Waals surface area contributed by atoms with Gasteiger partial charge >= 0.3 is 0 Å². The first-order valence-electron chi connectivity index (χ1n) is 9.01. The van der Waals surface area contributed by atoms with E-state index in [2.05, 4.69) is 20.6 Å². The third kappa shape index (κ3) is 4.39. The van der Waals surface area contributed by atoms with E-state index < -0.39 is 11.7 Å². The van der Waals surface area contributed by atoms with Gasteiger partial charge in [-0.1, -0.05) is 47.1 Å². The van der Waals surface area contributed by atoms with Gasteiger partial charge < -0.3 is 15.6 Å². The number of anilines is 2. The van der Waals surface area contributed by atoms with Crippen LogP contribution in [-0.4, -0.2) is 32.1 Å². The molecule has 0 unspecified atom stereocenters. The van der Waals surface area contributed by atoms with E-state index in [-0.39, 0.29) is 29.0 Å². The van der Waals surface area contributed by atoms with Gasteiger partial charge in [0.1, 0.15) is 28.8 Å². The molecule has 0 bridgehead atoms. The van der Waals surface area contributed by atoms with Crippen molar-refractivity contribution in [2.24, 2.45) is 0 Å². The minimum atomic E-state index is -0.640. The summed E-state index contributed by atoms with van der Waals surface area (Å²) < 4.78 is 20.6. The minimum absolute atomic E-state index is 0.00912. The van der Waals surface area contributed by atoms with Crippen molar-refractivity contribution in [1.29, 1.82) is 0 Å². The van der Waals surface area contributed by atoms with E-state index in [0.717, 1.165) is 11.6 Å². The van der Waals surface area contributed by atoms with E-state index in [9.17, 15) is 9.18 Å². The van der Waals surface area contributed by atoms with Crippen molar-refractivity contribution < 1.29 is 13.7 Å². The maximum Gasteiger partial charge on any atom is 0.264 e. The van der Waals surface area contributed by atoms with Crippen molar-refractivity contribution in [3.8, 4) is 22.8 Å². The zero-order chi connectivity index (χ0) is 22.0. The highest BCUT2D eigenvalue weighted by molar-refractivity contribution is 7.98. The van der Waals surface area contributed by atoms with Crippen LogP contribution >= 0.6 is 23.4 Å². The van der Waals surface area contributed by atoms with Crippen LogP contribution in [-0.2, 0) is 11.3 Å². The molecule has 158 valence electrons. The zero-order valence-corrected chi connectivity index (χ0v) is 17.7. The molecule has 0 aliphatic heterocycles. The summed E-state index contributed by atoms with van der Waals surface area (Å²) in [6.45, 7) is -0.235. The van der Waals surface area contributed by atoms with E-state index >= 15 is 0 Å². The van der Waals surface area contributed by atoms with Crippen molar-refractivity contribution in [2.75, 3.05) is 17.3 Å². The minimum Gasteiger partial charge on any atom is -0.383 e. The van der Waals surface area contributed by atoms with E-state index in [1.165, 1.54) is 28.6 Å². The van der Waals surface area contributed by atoms with E-state index in [1.807, 2.05) is 36.6 Å². The molecular formula is C20H16ClFN6O2S. The van der Waals surface area contributed by atoms with Crippen LogP contribution in [0, 0.1) is 5.82 Å². The third-order valence-electron chi connectivity index (χ3n) is 4.32. The van der Waals surface area contributed by atoms with Crippen LogP contribution in [0.15, 0.2) is 58.1 Å². The highest BCUT2D eigenvalue weighted by Crippen LogP contribution is 2.34. The summed E-state index contributed by atoms with van der Waals surface area (Å²) in [5.74, 6) is -0.370. The molecule has 31 heavy (non-hydrogen) atoms. The molecule has 0 saturated heterocycles. The van der Waals surface area contributed by atoms with Gasteiger partial charge in [-0.2, -0.15) is 10.1 Å². The Hall–Kier alpha value is -3.37. The summed E-state index contributed by atoms with van der Waals surface area (Å²) >= 11 is 7.05. The Morgan fingerprint density at radius 3 is 2.77 bits per heavy atom. The number of aromatic nitrogens is 4. The van der Waals surface area contributed by atoms with E-state index in [4.69, 9.17) is 21.9 Å². The number of thioether (sulfide) groups is 1. The number of benzene rings is 2. The Kier molecular flexibility index (Phi) is 5.92. The van der Waals surface area contributed by atoms with Crippen LogP contribution in [0.3, 0.4) is 0 Å². The average Bonchev–Trinajstić information content (AvgIpc) is 3.35. The topological polar surface area (TPSA) is 112 Å². The summed E-state index contributed by atoms with van der Waals surface area (Å²) in [4.78, 5) is 16.8. The van der Waals surface area contributed by atoms with Crippen molar-refractivity contribution in [1.82, 2.24) is 19.9 Å². The smallest absolute Gasteiger partial charge is 0.264 e. The molecular weight excluding hydrogens is 443 g/mol. The van der Waals surface area contributed by atoms with Crippen LogP contribution < -0.4 is 11.1 Å². The Morgan fingerprint density at radius 2 is 2.06 bits per heavy atom. The molecule has 2 aromatic carbocycles. The van der Waals surface area contributed by atoms with Gasteiger partial charge in [0, 0.05) is 10.6 Å². The van der Waals surface area contributed by atoms with Gasteiger partial charge in [-0.25, -0.2) is 9.07 Å². The summed E-state index contributed by atoms with van der Waals surface area (Å²) in [6.07, 6.45) is 1.81. The molecule has 2 aromatic heterocycles. The van der Waals surface area contributed by atoms with Gasteiger partial charge in [-0.15, -0.1) is 11.8 Å². The van der Waals surface area contributed by atoms with Gasteiger partial charge in [0.15, 0.2) is 0 Å². The number of hydrogen-bond donors (Lipinski definition) is 2. The lowest BCUT2D eigenvalue weighted by Crippen LogP contribution is -2.21. The number of nitrogens with two attached hydrogens (primary N) is 1. The first-order chi connectivity index (χ1) is 15.0. The molecule has 3 N–H and O–H groups in total. The highest BCUT2D eigenvalue weighted by atomic mass is 35.5. The van der Waals surface area contributed by atoms with Gasteiger partial charge in [-0.3, -0.25) is 4.79 Å². The molecule has 0 atom stereocenters. The normalized spacial score (nSPS) is 10.9. The fourth-order valence-electron chi connectivity index (χ4n) is 2.86. The second-order valence-corrected chi connectivity index (χ2v) is 7.62. The molecule has 0 aliphatic rings. The predicted molar refractivity (Wildman–Crippen MR) is 117 cm³/mol. The van der Waals surface area contributed by atoms with Crippen LogP contribution in [0.1, 0.15) is 0 Å². The second kappa shape index (κ2) is 8.78. The molecule has 2 heterocycles. The largest absolute Gasteiger partial charge is 0.383 e. The van der Waals surface area contributed by atoms with E-state index in [0.29, 0.717) is 16.4 Å². The number of nitrogens with zero attached hydrogens (tertiary/aromatic N) is 4. The maximum absolute atomic E-state index is 13.9. The molecule has 4 aromatic rings. The van der Waals surface area contributed by atoms with Crippen LogP contribution in [0.5, 0.6) is 0 Å². The number of carbonyl (C=O) groups excluding carboxylic acids is 1. The van der Waals surface area contributed by atoms with Crippen LogP contribution in [0.2, 0.25) is 5.02 Å². The van der Waals surface area contributed by atoms with Crippen LogP contribution in [0.4, 0.5) is 15.9 Å². The Morgan fingerprint density at radius 1 is 1.29 bits per heavy atom. The Bertz CT molecular complexity index is 1240. The molecule has 0 radical (unpaired) electrons. The Balaban J connectivity index is 1.59. The van der Waals surface area contributed by atoms with Gasteiger partial charge in [-0.05, 0) is 24.5 Å². The maximum atomic E-state index is 13.9. The molecule has 0 fully saturated rings. The number of rotatable bonds is 6. The first-order valence-corrected chi connectivity index (χ1v) is 10.6. The first kappa shape index (κ1) is 20.9. The lowest BCUT2D eigenvalue weighted by molar-refractivity contribution is -0.116. The molecule has 0 aliphatic carbocycles.